The second kappa shape index (κ2) is 7.85. The molecule has 2 heterocycles. The lowest BCUT2D eigenvalue weighted by atomic mass is 9.87. The molecule has 1 aliphatic heterocycles. The van der Waals surface area contributed by atoms with E-state index in [4.69, 9.17) is 0 Å². The van der Waals surface area contributed by atoms with Crippen LogP contribution in [0.25, 0.3) is 11.6 Å². The molecule has 136 valence electrons. The average Bonchev–Trinajstić information content (AvgIpc) is 3.09. The van der Waals surface area contributed by atoms with Crippen molar-refractivity contribution in [1.29, 1.82) is 0 Å². The number of rotatable bonds is 4. The highest BCUT2D eigenvalue weighted by atomic mass is 32.1. The molecule has 1 aromatic carbocycles. The van der Waals surface area contributed by atoms with E-state index >= 15 is 0 Å². The topological polar surface area (TPSA) is 27.3 Å². The fraction of sp³-hybridized carbons (Fsp3) is 0.409. The molecule has 1 aromatic heterocycles. The van der Waals surface area contributed by atoms with Crippen molar-refractivity contribution in [2.75, 3.05) is 23.7 Å². The van der Waals surface area contributed by atoms with E-state index in [0.29, 0.717) is 0 Å². The number of anilines is 1. The normalized spacial score (nSPS) is 21.2. The molecular weight excluding hydrogens is 340 g/mol. The summed E-state index contributed by atoms with van der Waals surface area (Å²) in [5.41, 5.74) is 6.76. The van der Waals surface area contributed by atoms with Crippen LogP contribution in [-0.2, 0) is 13.0 Å². The Balaban J connectivity index is 1.55. The Hall–Kier alpha value is -1.78. The van der Waals surface area contributed by atoms with E-state index in [1.165, 1.54) is 34.4 Å². The minimum Gasteiger partial charge on any atom is -0.391 e. The van der Waals surface area contributed by atoms with Crippen LogP contribution < -0.4 is 9.47 Å². The quantitative estimate of drug-likeness (QED) is 0.641. The summed E-state index contributed by atoms with van der Waals surface area (Å²) in [6.45, 7) is 2.66. The molecule has 2 aromatic rings. The number of hydrogen-bond acceptors (Lipinski definition) is 3. The average molecular weight is 368 g/mol. The van der Waals surface area contributed by atoms with Gasteiger partial charge in [-0.25, -0.2) is 4.57 Å². The van der Waals surface area contributed by atoms with Crippen LogP contribution in [0.5, 0.6) is 0 Å². The molecule has 1 aliphatic carbocycles. The van der Waals surface area contributed by atoms with Crippen LogP contribution in [0.2, 0.25) is 0 Å². The van der Waals surface area contributed by atoms with Gasteiger partial charge in [-0.15, -0.1) is 0 Å². The summed E-state index contributed by atoms with van der Waals surface area (Å²) in [7, 11) is 0. The summed E-state index contributed by atoms with van der Waals surface area (Å²) in [6.07, 6.45) is 11.0. The van der Waals surface area contributed by atoms with Gasteiger partial charge in [-0.2, -0.15) is 12.6 Å². The van der Waals surface area contributed by atoms with Gasteiger partial charge >= 0.3 is 0 Å². The summed E-state index contributed by atoms with van der Waals surface area (Å²) >= 11 is 4.34. The zero-order valence-electron chi connectivity index (χ0n) is 15.1. The third-order valence-corrected chi connectivity index (χ3v) is 5.66. The van der Waals surface area contributed by atoms with Crippen molar-refractivity contribution in [2.24, 2.45) is 0 Å². The second-order valence-corrected chi connectivity index (χ2v) is 7.80. The number of allylic oxidation sites excluding steroid dienone is 1. The maximum absolute atomic E-state index is 9.72. The number of nitrogens with zero attached hydrogens (tertiary/aromatic N) is 2. The predicted molar refractivity (Wildman–Crippen MR) is 111 cm³/mol. The largest absolute Gasteiger partial charge is 0.391 e. The van der Waals surface area contributed by atoms with Crippen molar-refractivity contribution in [3.05, 3.63) is 59.4 Å². The van der Waals surface area contributed by atoms with E-state index in [1.807, 2.05) is 0 Å². The molecule has 3 nitrogen and oxygen atoms in total. The van der Waals surface area contributed by atoms with Crippen molar-refractivity contribution in [3.8, 4) is 0 Å². The van der Waals surface area contributed by atoms with E-state index < -0.39 is 0 Å². The Morgan fingerprint density at radius 2 is 2.04 bits per heavy atom. The second-order valence-electron chi connectivity index (χ2n) is 7.35. The number of fused-ring (bicyclic) bond motifs is 1. The van der Waals surface area contributed by atoms with Crippen molar-refractivity contribution in [1.82, 2.24) is 0 Å². The van der Waals surface area contributed by atoms with Gasteiger partial charge in [0.1, 0.15) is 0 Å². The lowest BCUT2D eigenvalue weighted by molar-refractivity contribution is -0.692. The number of benzene rings is 1. The molecule has 0 radical (unpaired) electrons. The number of aromatic nitrogens is 1. The molecule has 4 rings (SSSR count). The van der Waals surface area contributed by atoms with E-state index in [0.717, 1.165) is 44.6 Å². The Bertz CT molecular complexity index is 800. The predicted octanol–water partition coefficient (Wildman–Crippen LogP) is 3.35. The number of aryl methyl sites for hydroxylation is 2. The highest BCUT2D eigenvalue weighted by Crippen LogP contribution is 2.32. The third kappa shape index (κ3) is 3.81. The Morgan fingerprint density at radius 3 is 2.77 bits per heavy atom. The number of β-amino-alcohol motifs (C(OH)–C–C–N with tert-alkyl or cyclic N) is 1. The van der Waals surface area contributed by atoms with E-state index in [-0.39, 0.29) is 6.10 Å². The lowest BCUT2D eigenvalue weighted by Crippen LogP contribution is -2.35. The van der Waals surface area contributed by atoms with Gasteiger partial charge in [-0.1, -0.05) is 18.2 Å². The smallest absolute Gasteiger partial charge is 0.172 e. The standard InChI is InChI=1S/C22H26N2OS/c25-21-8-11-24(16-21)20-6-4-17(5-7-20)14-18-2-1-3-19-15-23(12-13-26)10-9-22(18)19/h4-7,9-10,14-15,21,25H,1-3,8,11-13,16H2/p+1. The van der Waals surface area contributed by atoms with Gasteiger partial charge in [0.2, 0.25) is 0 Å². The monoisotopic (exact) mass is 367 g/mol. The highest BCUT2D eigenvalue weighted by Gasteiger charge is 2.20. The number of aliphatic hydroxyl groups excluding tert-OH is 1. The molecule has 0 amide bonds. The maximum Gasteiger partial charge on any atom is 0.172 e. The van der Waals surface area contributed by atoms with Crippen molar-refractivity contribution >= 4 is 30.0 Å². The summed E-state index contributed by atoms with van der Waals surface area (Å²) < 4.78 is 2.24. The van der Waals surface area contributed by atoms with Gasteiger partial charge in [0, 0.05) is 36.2 Å². The number of aliphatic hydroxyl groups is 1. The summed E-state index contributed by atoms with van der Waals surface area (Å²) in [5, 5.41) is 9.72. The molecule has 2 aliphatic rings. The van der Waals surface area contributed by atoms with E-state index in [9.17, 15) is 5.11 Å². The first-order valence-corrected chi connectivity index (χ1v) is 10.2. The molecule has 1 fully saturated rings. The number of hydrogen-bond donors (Lipinski definition) is 2. The van der Waals surface area contributed by atoms with Crippen molar-refractivity contribution in [3.63, 3.8) is 0 Å². The summed E-state index contributed by atoms with van der Waals surface area (Å²) in [5.74, 6) is 0.868. The molecule has 0 bridgehead atoms. The van der Waals surface area contributed by atoms with Crippen LogP contribution in [0.1, 0.15) is 36.0 Å². The van der Waals surface area contributed by atoms with E-state index in [1.54, 1.807) is 0 Å². The molecule has 4 heteroatoms. The van der Waals surface area contributed by atoms with Gasteiger partial charge < -0.3 is 10.0 Å². The molecule has 1 unspecified atom stereocenters. The molecular formula is C22H27N2OS+. The summed E-state index contributed by atoms with van der Waals surface area (Å²) in [6, 6.07) is 11.0. The van der Waals surface area contributed by atoms with Gasteiger partial charge in [-0.05, 0) is 54.5 Å². The van der Waals surface area contributed by atoms with Crippen LogP contribution in [0.15, 0.2) is 42.7 Å². The van der Waals surface area contributed by atoms with E-state index in [2.05, 4.69) is 70.9 Å². The Labute approximate surface area is 161 Å². The zero-order valence-corrected chi connectivity index (χ0v) is 16.0. The fourth-order valence-corrected chi connectivity index (χ4v) is 4.30. The highest BCUT2D eigenvalue weighted by molar-refractivity contribution is 7.80. The SMILES string of the molecule is OC1CCN(c2ccc(/C=C3\CCCc4c[n+](CCS)ccc43)cc2)C1. The Morgan fingerprint density at radius 1 is 1.19 bits per heavy atom. The van der Waals surface area contributed by atoms with Gasteiger partial charge in [0.05, 0.1) is 6.10 Å². The molecule has 26 heavy (non-hydrogen) atoms. The minimum atomic E-state index is -0.180. The molecule has 0 saturated carbocycles. The first-order chi connectivity index (χ1) is 12.7. The molecule has 1 saturated heterocycles. The van der Waals surface area contributed by atoms with Crippen LogP contribution in [0, 0.1) is 0 Å². The molecule has 1 N–H and O–H groups in total. The van der Waals surface area contributed by atoms with Crippen LogP contribution >= 0.6 is 12.6 Å². The Kier molecular flexibility index (Phi) is 5.32. The number of thiol groups is 1. The first kappa shape index (κ1) is 17.6. The van der Waals surface area contributed by atoms with Gasteiger partial charge in [0.25, 0.3) is 0 Å². The minimum absolute atomic E-state index is 0.180. The van der Waals surface area contributed by atoms with Crippen molar-refractivity contribution in [2.45, 2.75) is 38.3 Å². The first-order valence-electron chi connectivity index (χ1n) is 9.60. The molecule has 0 spiro atoms. The lowest BCUT2D eigenvalue weighted by Gasteiger charge is -2.19. The van der Waals surface area contributed by atoms with Crippen LogP contribution in [-0.4, -0.2) is 30.1 Å². The zero-order chi connectivity index (χ0) is 17.9. The maximum atomic E-state index is 9.72. The van der Waals surface area contributed by atoms with Crippen LogP contribution in [0.3, 0.4) is 0 Å². The van der Waals surface area contributed by atoms with Gasteiger partial charge in [0.15, 0.2) is 18.9 Å². The third-order valence-electron chi connectivity index (χ3n) is 5.46. The van der Waals surface area contributed by atoms with Gasteiger partial charge in [-0.3, -0.25) is 0 Å². The fourth-order valence-electron chi connectivity index (χ4n) is 4.07. The molecule has 1 atom stereocenters. The summed E-state index contributed by atoms with van der Waals surface area (Å²) in [4.78, 5) is 2.26. The van der Waals surface area contributed by atoms with Crippen LogP contribution in [0.4, 0.5) is 5.69 Å². The number of pyridine rings is 1. The van der Waals surface area contributed by atoms with Crippen molar-refractivity contribution < 1.29 is 9.67 Å².